The Hall–Kier alpha value is -3.06. The van der Waals surface area contributed by atoms with E-state index in [4.69, 9.17) is 9.47 Å². The van der Waals surface area contributed by atoms with Gasteiger partial charge in [0.15, 0.2) is 11.5 Å². The van der Waals surface area contributed by atoms with Crippen molar-refractivity contribution in [2.75, 3.05) is 33.1 Å². The van der Waals surface area contributed by atoms with E-state index in [-0.39, 0.29) is 5.91 Å². The zero-order valence-electron chi connectivity index (χ0n) is 18.5. The third-order valence-corrected chi connectivity index (χ3v) is 5.11. The number of methoxy groups -OCH3 is 2. The van der Waals surface area contributed by atoms with E-state index in [1.807, 2.05) is 62.2 Å². The van der Waals surface area contributed by atoms with Gasteiger partial charge in [0.1, 0.15) is 0 Å². The molecule has 0 radical (unpaired) electrons. The van der Waals surface area contributed by atoms with Crippen LogP contribution in [0.3, 0.4) is 0 Å². The Kier molecular flexibility index (Phi) is 8.24. The Morgan fingerprint density at radius 1 is 1.03 bits per heavy atom. The summed E-state index contributed by atoms with van der Waals surface area (Å²) < 4.78 is 10.6. The molecule has 2 aromatic carbocycles. The molecule has 30 heavy (non-hydrogen) atoms. The molecule has 0 aliphatic rings. The number of imide groups is 1. The van der Waals surface area contributed by atoms with Crippen LogP contribution in [0.15, 0.2) is 36.4 Å². The Morgan fingerprint density at radius 3 is 2.37 bits per heavy atom. The number of carbonyl (C=O) groups is 2. The fraction of sp³-hybridized carbons (Fsp3) is 0.391. The molecule has 0 bridgehead atoms. The first kappa shape index (κ1) is 23.2. The number of hydrogen-bond acceptors (Lipinski definition) is 5. The lowest BCUT2D eigenvalue weighted by Crippen LogP contribution is -2.47. The maximum absolute atomic E-state index is 12.5. The van der Waals surface area contributed by atoms with Gasteiger partial charge >= 0.3 is 6.03 Å². The average molecular weight is 414 g/mol. The SMILES string of the molecule is COc1ccc(CCN(C)[C@H](C)C(=O)NC(=O)Nc2ccc(C)cc2C)cc1OC. The van der Waals surface area contributed by atoms with Crippen molar-refractivity contribution in [3.63, 3.8) is 0 Å². The van der Waals surface area contributed by atoms with Gasteiger partial charge in [-0.2, -0.15) is 0 Å². The van der Waals surface area contributed by atoms with Crippen molar-refractivity contribution in [2.45, 2.75) is 33.2 Å². The second kappa shape index (κ2) is 10.6. The van der Waals surface area contributed by atoms with Crippen molar-refractivity contribution in [1.29, 1.82) is 0 Å². The Morgan fingerprint density at radius 2 is 1.73 bits per heavy atom. The second-order valence-electron chi connectivity index (χ2n) is 7.36. The molecule has 0 unspecified atom stereocenters. The van der Waals surface area contributed by atoms with Crippen molar-refractivity contribution in [2.24, 2.45) is 0 Å². The maximum atomic E-state index is 12.5. The molecule has 2 rings (SSSR count). The van der Waals surface area contributed by atoms with Crippen molar-refractivity contribution in [3.8, 4) is 11.5 Å². The average Bonchev–Trinajstić information content (AvgIpc) is 2.73. The summed E-state index contributed by atoms with van der Waals surface area (Å²) in [5.74, 6) is 0.996. The molecular weight excluding hydrogens is 382 g/mol. The van der Waals surface area contributed by atoms with Gasteiger partial charge in [0.2, 0.25) is 5.91 Å². The summed E-state index contributed by atoms with van der Waals surface area (Å²) >= 11 is 0. The molecule has 0 aliphatic heterocycles. The summed E-state index contributed by atoms with van der Waals surface area (Å²) in [6, 6.07) is 10.5. The van der Waals surface area contributed by atoms with E-state index < -0.39 is 12.1 Å². The minimum Gasteiger partial charge on any atom is -0.493 e. The van der Waals surface area contributed by atoms with E-state index in [1.165, 1.54) is 0 Å². The number of hydrogen-bond donors (Lipinski definition) is 2. The first-order valence-electron chi connectivity index (χ1n) is 9.85. The van der Waals surface area contributed by atoms with Gasteiger partial charge in [-0.3, -0.25) is 15.0 Å². The van der Waals surface area contributed by atoms with Gasteiger partial charge in [0, 0.05) is 12.2 Å². The third-order valence-electron chi connectivity index (χ3n) is 5.11. The molecule has 162 valence electrons. The molecule has 0 heterocycles. The van der Waals surface area contributed by atoms with Crippen LogP contribution in [0.1, 0.15) is 23.6 Å². The Bertz CT molecular complexity index is 898. The van der Waals surface area contributed by atoms with Crippen LogP contribution < -0.4 is 20.1 Å². The number of rotatable bonds is 8. The van der Waals surface area contributed by atoms with Gasteiger partial charge in [0.25, 0.3) is 0 Å². The van der Waals surface area contributed by atoms with Crippen molar-refractivity contribution in [1.82, 2.24) is 10.2 Å². The highest BCUT2D eigenvalue weighted by Gasteiger charge is 2.20. The number of nitrogens with one attached hydrogen (secondary N) is 2. The molecule has 0 aromatic heterocycles. The van der Waals surface area contributed by atoms with Crippen LogP contribution in [0, 0.1) is 13.8 Å². The van der Waals surface area contributed by atoms with E-state index >= 15 is 0 Å². The van der Waals surface area contributed by atoms with Gasteiger partial charge in [-0.15, -0.1) is 0 Å². The molecule has 2 N–H and O–H groups in total. The van der Waals surface area contributed by atoms with Crippen LogP contribution in [0.2, 0.25) is 0 Å². The number of benzene rings is 2. The summed E-state index contributed by atoms with van der Waals surface area (Å²) in [5.41, 5.74) is 3.80. The second-order valence-corrected chi connectivity index (χ2v) is 7.36. The van der Waals surface area contributed by atoms with Crippen molar-refractivity contribution < 1.29 is 19.1 Å². The van der Waals surface area contributed by atoms with Crippen molar-refractivity contribution in [3.05, 3.63) is 53.1 Å². The minimum absolute atomic E-state index is 0.355. The van der Waals surface area contributed by atoms with E-state index in [2.05, 4.69) is 10.6 Å². The molecule has 0 saturated carbocycles. The van der Waals surface area contributed by atoms with E-state index in [0.717, 1.165) is 23.1 Å². The molecule has 1 atom stereocenters. The molecule has 0 spiro atoms. The van der Waals surface area contributed by atoms with E-state index in [0.29, 0.717) is 23.7 Å². The van der Waals surface area contributed by atoms with Gasteiger partial charge in [-0.25, -0.2) is 4.79 Å². The number of nitrogens with zero attached hydrogens (tertiary/aromatic N) is 1. The predicted octanol–water partition coefficient (Wildman–Crippen LogP) is 3.53. The highest BCUT2D eigenvalue weighted by atomic mass is 16.5. The number of urea groups is 1. The summed E-state index contributed by atoms with van der Waals surface area (Å²) in [5, 5.41) is 5.14. The summed E-state index contributed by atoms with van der Waals surface area (Å²) in [7, 11) is 5.05. The minimum atomic E-state index is -0.535. The lowest BCUT2D eigenvalue weighted by Gasteiger charge is -2.23. The number of aryl methyl sites for hydroxylation is 2. The molecule has 0 fully saturated rings. The molecular formula is C23H31N3O4. The quantitative estimate of drug-likeness (QED) is 0.692. The summed E-state index contributed by atoms with van der Waals surface area (Å²) in [6.07, 6.45) is 0.725. The van der Waals surface area contributed by atoms with Gasteiger partial charge in [-0.05, 0) is 63.6 Å². The first-order valence-corrected chi connectivity index (χ1v) is 9.85. The molecule has 3 amide bonds. The maximum Gasteiger partial charge on any atom is 0.325 e. The third kappa shape index (κ3) is 6.22. The topological polar surface area (TPSA) is 79.9 Å². The first-order chi connectivity index (χ1) is 14.2. The summed E-state index contributed by atoms with van der Waals surface area (Å²) in [4.78, 5) is 26.6. The Labute approximate surface area is 178 Å². The monoisotopic (exact) mass is 413 g/mol. The van der Waals surface area contributed by atoms with E-state index in [1.54, 1.807) is 21.1 Å². The smallest absolute Gasteiger partial charge is 0.325 e. The fourth-order valence-corrected chi connectivity index (χ4v) is 3.06. The lowest BCUT2D eigenvalue weighted by molar-refractivity contribution is -0.124. The molecule has 7 heteroatoms. The number of likely N-dealkylation sites (N-methyl/N-ethyl adjacent to an activating group) is 1. The van der Waals surface area contributed by atoms with Gasteiger partial charge in [-0.1, -0.05) is 23.8 Å². The van der Waals surface area contributed by atoms with Crippen LogP contribution in [0.25, 0.3) is 0 Å². The highest BCUT2D eigenvalue weighted by molar-refractivity contribution is 6.03. The molecule has 0 aliphatic carbocycles. The Balaban J connectivity index is 1.88. The van der Waals surface area contributed by atoms with Crippen LogP contribution in [-0.4, -0.2) is 50.7 Å². The number of carbonyl (C=O) groups excluding carboxylic acids is 2. The molecule has 2 aromatic rings. The van der Waals surface area contributed by atoms with Crippen molar-refractivity contribution >= 4 is 17.6 Å². The van der Waals surface area contributed by atoms with Crippen LogP contribution >= 0.6 is 0 Å². The standard InChI is InChI=1S/C23H31N3O4/c1-15-7-9-19(16(2)13-15)24-23(28)25-22(27)17(3)26(4)12-11-18-8-10-20(29-5)21(14-18)30-6/h7-10,13-14,17H,11-12H2,1-6H3,(H2,24,25,27,28)/t17-/m1/s1. The van der Waals surface area contributed by atoms with Crippen LogP contribution in [-0.2, 0) is 11.2 Å². The van der Waals surface area contributed by atoms with Gasteiger partial charge in [0.05, 0.1) is 20.3 Å². The van der Waals surface area contributed by atoms with Gasteiger partial charge < -0.3 is 14.8 Å². The number of amides is 3. The fourth-order valence-electron chi connectivity index (χ4n) is 3.06. The largest absolute Gasteiger partial charge is 0.493 e. The molecule has 0 saturated heterocycles. The number of ether oxygens (including phenoxy) is 2. The lowest BCUT2D eigenvalue weighted by atomic mass is 10.1. The normalized spacial score (nSPS) is 11.7. The van der Waals surface area contributed by atoms with Crippen LogP contribution in [0.4, 0.5) is 10.5 Å². The highest BCUT2D eigenvalue weighted by Crippen LogP contribution is 2.27. The zero-order chi connectivity index (χ0) is 22.3. The molecule has 7 nitrogen and oxygen atoms in total. The predicted molar refractivity (Wildman–Crippen MR) is 118 cm³/mol. The number of anilines is 1. The van der Waals surface area contributed by atoms with Crippen LogP contribution in [0.5, 0.6) is 11.5 Å². The zero-order valence-corrected chi connectivity index (χ0v) is 18.5. The van der Waals surface area contributed by atoms with E-state index in [9.17, 15) is 9.59 Å². The summed E-state index contributed by atoms with van der Waals surface area (Å²) in [6.45, 7) is 6.31.